The zero-order valence-corrected chi connectivity index (χ0v) is 8.85. The first-order valence-corrected chi connectivity index (χ1v) is 5.29. The molecule has 9 nitrogen and oxygen atoms in total. The zero-order valence-electron chi connectivity index (χ0n) is 8.03. The van der Waals surface area contributed by atoms with Gasteiger partial charge in [-0.15, -0.1) is 0 Å². The number of hydrogen-bond donors (Lipinski definition) is 1. The first kappa shape index (κ1) is 13.9. The van der Waals surface area contributed by atoms with Gasteiger partial charge in [-0.25, -0.2) is 4.39 Å². The Kier molecular flexibility index (Phi) is 3.25. The van der Waals surface area contributed by atoms with Crippen molar-refractivity contribution in [1.29, 1.82) is 0 Å². The Bertz CT molecular complexity index is 656. The largest absolute Gasteiger partial charge is 0.385 e. The molecule has 0 aliphatic heterocycles. The van der Waals surface area contributed by atoms with E-state index in [-0.39, 0.29) is 6.07 Å². The average Bonchev–Trinajstić information content (AvgIpc) is 2.18. The molecule has 0 radical (unpaired) electrons. The Labute approximate surface area is 96.7 Å². The molecule has 0 aliphatic rings. The van der Waals surface area contributed by atoms with E-state index in [9.17, 15) is 37.4 Å². The van der Waals surface area contributed by atoms with E-state index in [1.807, 2.05) is 0 Å². The monoisotopic (exact) mass is 284 g/mol. The molecule has 0 saturated carbocycles. The minimum atomic E-state index is -5.33. The zero-order chi connectivity index (χ0) is 14.2. The molecule has 18 heavy (non-hydrogen) atoms. The van der Waals surface area contributed by atoms with E-state index in [0.717, 1.165) is 0 Å². The lowest BCUT2D eigenvalue weighted by Gasteiger charge is -2.02. The Morgan fingerprint density at radius 1 is 1.11 bits per heavy atom. The topological polar surface area (TPSA) is 141 Å². The highest BCUT2D eigenvalue weighted by Crippen LogP contribution is 2.37. The van der Waals surface area contributed by atoms with E-state index in [0.29, 0.717) is 0 Å². The van der Waals surface area contributed by atoms with Crippen molar-refractivity contribution in [1.82, 2.24) is 0 Å². The summed E-state index contributed by atoms with van der Waals surface area (Å²) in [4.78, 5) is 15.9. The normalized spacial score (nSPS) is 11.3. The van der Waals surface area contributed by atoms with Crippen LogP contribution in [0.2, 0.25) is 0 Å². The summed E-state index contributed by atoms with van der Waals surface area (Å²) >= 11 is 0. The third-order valence-corrected chi connectivity index (χ3v) is 2.64. The Balaban J connectivity index is 3.98. The van der Waals surface area contributed by atoms with Gasteiger partial charge in [-0.2, -0.15) is 12.8 Å². The number of benzene rings is 1. The van der Waals surface area contributed by atoms with E-state index in [1.54, 1.807) is 0 Å². The van der Waals surface area contributed by atoms with Gasteiger partial charge < -0.3 is 0 Å². The van der Waals surface area contributed by atoms with Crippen LogP contribution < -0.4 is 0 Å². The van der Waals surface area contributed by atoms with Gasteiger partial charge in [0.15, 0.2) is 10.7 Å². The van der Waals surface area contributed by atoms with Gasteiger partial charge in [0.25, 0.3) is 0 Å². The van der Waals surface area contributed by atoms with Crippen molar-refractivity contribution in [2.75, 3.05) is 0 Å². The second kappa shape index (κ2) is 4.23. The number of nitro groups is 2. The lowest BCUT2D eigenvalue weighted by atomic mass is 10.2. The van der Waals surface area contributed by atoms with E-state index >= 15 is 0 Å². The lowest BCUT2D eigenvalue weighted by molar-refractivity contribution is -0.426. The van der Waals surface area contributed by atoms with Crippen LogP contribution in [-0.2, 0) is 10.1 Å². The number of rotatable bonds is 3. The summed E-state index contributed by atoms with van der Waals surface area (Å²) in [7, 11) is -5.33. The fourth-order valence-corrected chi connectivity index (χ4v) is 1.79. The predicted molar refractivity (Wildman–Crippen MR) is 49.5 cm³/mol. The molecule has 1 N–H and O–H groups in total. The van der Waals surface area contributed by atoms with Crippen molar-refractivity contribution in [3.63, 3.8) is 0 Å². The summed E-state index contributed by atoms with van der Waals surface area (Å²) < 4.78 is 56.0. The molecule has 1 rings (SSSR count). The van der Waals surface area contributed by atoms with Crippen LogP contribution in [0, 0.1) is 31.9 Å². The van der Waals surface area contributed by atoms with E-state index in [2.05, 4.69) is 0 Å². The average molecular weight is 284 g/mol. The number of halogens is 2. The highest BCUT2D eigenvalue weighted by Gasteiger charge is 2.40. The quantitative estimate of drug-likeness (QED) is 0.496. The number of nitrogens with zero attached hydrogens (tertiary/aromatic N) is 2. The van der Waals surface area contributed by atoms with Gasteiger partial charge in [-0.05, 0) is 0 Å². The summed E-state index contributed by atoms with van der Waals surface area (Å²) in [6, 6.07) is -0.212. The standard InChI is InChI=1S/C6H2F2N2O7S/c7-2-1-3(18(15,16)17)5(9(11)12)6(4(2)8)10(13)14/h1H,(H,15,16,17). The van der Waals surface area contributed by atoms with Gasteiger partial charge >= 0.3 is 21.5 Å². The maximum atomic E-state index is 13.0. The van der Waals surface area contributed by atoms with E-state index in [4.69, 9.17) is 4.55 Å². The van der Waals surface area contributed by atoms with Crippen molar-refractivity contribution in [2.24, 2.45) is 0 Å². The summed E-state index contributed by atoms with van der Waals surface area (Å²) in [5, 5.41) is 20.9. The van der Waals surface area contributed by atoms with Gasteiger partial charge in [-0.1, -0.05) is 0 Å². The minimum absolute atomic E-state index is 0.212. The molecular weight excluding hydrogens is 282 g/mol. The molecule has 1 aromatic rings. The molecule has 0 atom stereocenters. The Morgan fingerprint density at radius 2 is 1.56 bits per heavy atom. The third kappa shape index (κ3) is 2.23. The molecule has 12 heteroatoms. The minimum Gasteiger partial charge on any atom is -0.282 e. The van der Waals surface area contributed by atoms with Crippen LogP contribution in [-0.4, -0.2) is 22.8 Å². The predicted octanol–water partition coefficient (Wildman–Crippen LogP) is 1.03. The smallest absolute Gasteiger partial charge is 0.282 e. The van der Waals surface area contributed by atoms with Crippen LogP contribution in [0.5, 0.6) is 0 Å². The molecule has 1 aromatic carbocycles. The van der Waals surface area contributed by atoms with Gasteiger partial charge in [0.1, 0.15) is 0 Å². The van der Waals surface area contributed by atoms with Crippen LogP contribution in [0.1, 0.15) is 0 Å². The molecule has 0 aliphatic carbocycles. The van der Waals surface area contributed by atoms with Crippen molar-refractivity contribution < 1.29 is 31.6 Å². The van der Waals surface area contributed by atoms with Crippen molar-refractivity contribution in [2.45, 2.75) is 4.90 Å². The highest BCUT2D eigenvalue weighted by molar-refractivity contribution is 7.86. The second-order valence-electron chi connectivity index (χ2n) is 2.86. The van der Waals surface area contributed by atoms with E-state index < -0.39 is 47.9 Å². The van der Waals surface area contributed by atoms with Crippen LogP contribution in [0.25, 0.3) is 0 Å². The molecule has 0 fully saturated rings. The fourth-order valence-electron chi connectivity index (χ4n) is 1.12. The molecule has 0 unspecified atom stereocenters. The van der Waals surface area contributed by atoms with Crippen LogP contribution >= 0.6 is 0 Å². The SMILES string of the molecule is O=[N+]([O-])c1c(S(=O)(=O)O)cc(F)c(F)c1[N+](=O)[O-]. The van der Waals surface area contributed by atoms with E-state index in [1.165, 1.54) is 0 Å². The Morgan fingerprint density at radius 3 is 1.89 bits per heavy atom. The van der Waals surface area contributed by atoms with Crippen molar-refractivity contribution in [3.8, 4) is 0 Å². The highest BCUT2D eigenvalue weighted by atomic mass is 32.2. The maximum Gasteiger partial charge on any atom is 0.385 e. The number of hydrogen-bond acceptors (Lipinski definition) is 6. The fraction of sp³-hybridized carbons (Fsp3) is 0. The van der Waals surface area contributed by atoms with Gasteiger partial charge in [0.05, 0.1) is 9.85 Å². The maximum absolute atomic E-state index is 13.0. The number of nitro benzene ring substituents is 2. The van der Waals surface area contributed by atoms with Crippen LogP contribution in [0.3, 0.4) is 0 Å². The van der Waals surface area contributed by atoms with Gasteiger partial charge in [0.2, 0.25) is 5.82 Å². The first-order chi connectivity index (χ1) is 8.07. The Hall–Kier alpha value is -2.21. The lowest BCUT2D eigenvalue weighted by Crippen LogP contribution is -2.09. The third-order valence-electron chi connectivity index (χ3n) is 1.78. The molecule has 0 aromatic heterocycles. The summed E-state index contributed by atoms with van der Waals surface area (Å²) in [5.74, 6) is -4.21. The molecule has 0 saturated heterocycles. The first-order valence-electron chi connectivity index (χ1n) is 3.85. The summed E-state index contributed by atoms with van der Waals surface area (Å²) in [6.45, 7) is 0. The van der Waals surface area contributed by atoms with Gasteiger partial charge in [-0.3, -0.25) is 24.8 Å². The molecule has 0 amide bonds. The van der Waals surface area contributed by atoms with Crippen molar-refractivity contribution in [3.05, 3.63) is 37.9 Å². The van der Waals surface area contributed by atoms with Crippen LogP contribution in [0.4, 0.5) is 20.2 Å². The van der Waals surface area contributed by atoms with Crippen LogP contribution in [0.15, 0.2) is 11.0 Å². The summed E-state index contributed by atoms with van der Waals surface area (Å²) in [6.07, 6.45) is 0. The van der Waals surface area contributed by atoms with Crippen molar-refractivity contribution >= 4 is 21.5 Å². The van der Waals surface area contributed by atoms with Gasteiger partial charge in [0, 0.05) is 6.07 Å². The molecule has 98 valence electrons. The molecule has 0 bridgehead atoms. The molecule has 0 heterocycles. The second-order valence-corrected chi connectivity index (χ2v) is 4.25. The summed E-state index contributed by atoms with van der Waals surface area (Å²) in [5.41, 5.74) is -3.82. The molecular formula is C6H2F2N2O7S. The molecule has 0 spiro atoms.